The molecule has 0 saturated carbocycles. The Bertz CT molecular complexity index is 708. The lowest BCUT2D eigenvalue weighted by Crippen LogP contribution is -2.39. The standard InChI is InChI=1S/C15H19N5O4/c1-15(2,3)24-14(21)18(12-6-4-5-8-16-12)10-11-19-13(20(22)23)7-9-17-19/h4-9H,10-11H2,1-3H3. The average Bonchev–Trinajstić information content (AvgIpc) is 2.95. The Morgan fingerprint density at radius 1 is 1.33 bits per heavy atom. The Balaban J connectivity index is 2.19. The summed E-state index contributed by atoms with van der Waals surface area (Å²) in [5, 5.41) is 14.9. The molecule has 0 aliphatic carbocycles. The third kappa shape index (κ3) is 4.51. The second-order valence-electron chi connectivity index (χ2n) is 5.99. The molecular formula is C15H19N5O4. The van der Waals surface area contributed by atoms with E-state index in [1.165, 1.54) is 21.8 Å². The van der Waals surface area contributed by atoms with Gasteiger partial charge in [-0.25, -0.2) is 9.78 Å². The van der Waals surface area contributed by atoms with Crippen LogP contribution in [0.3, 0.4) is 0 Å². The zero-order valence-corrected chi connectivity index (χ0v) is 13.7. The van der Waals surface area contributed by atoms with Gasteiger partial charge in [0.05, 0.1) is 18.8 Å². The van der Waals surface area contributed by atoms with Gasteiger partial charge in [-0.2, -0.15) is 0 Å². The summed E-state index contributed by atoms with van der Waals surface area (Å²) in [5.74, 6) is 0.265. The van der Waals surface area contributed by atoms with Crippen LogP contribution in [0.1, 0.15) is 20.8 Å². The Morgan fingerprint density at radius 2 is 2.08 bits per heavy atom. The molecule has 2 aromatic rings. The molecule has 0 bridgehead atoms. The number of aromatic nitrogens is 3. The van der Waals surface area contributed by atoms with E-state index in [1.54, 1.807) is 45.2 Å². The SMILES string of the molecule is CC(C)(C)OC(=O)N(CCn1nccc1[N+](=O)[O-])c1ccccn1. The van der Waals surface area contributed by atoms with Gasteiger partial charge in [0.1, 0.15) is 18.0 Å². The van der Waals surface area contributed by atoms with Crippen molar-refractivity contribution in [2.24, 2.45) is 0 Å². The lowest BCUT2D eigenvalue weighted by molar-refractivity contribution is -0.392. The highest BCUT2D eigenvalue weighted by Crippen LogP contribution is 2.17. The Hall–Kier alpha value is -2.97. The third-order valence-corrected chi connectivity index (χ3v) is 2.96. The molecule has 0 fully saturated rings. The number of pyridine rings is 1. The molecule has 2 rings (SSSR count). The fourth-order valence-electron chi connectivity index (χ4n) is 1.98. The van der Waals surface area contributed by atoms with Crippen molar-refractivity contribution in [2.75, 3.05) is 11.4 Å². The fourth-order valence-corrected chi connectivity index (χ4v) is 1.98. The number of carbonyl (C=O) groups excluding carboxylic acids is 1. The topological polar surface area (TPSA) is 103 Å². The number of hydrogen-bond donors (Lipinski definition) is 0. The van der Waals surface area contributed by atoms with Gasteiger partial charge in [-0.05, 0) is 37.8 Å². The first-order valence-electron chi connectivity index (χ1n) is 7.36. The van der Waals surface area contributed by atoms with Crippen molar-refractivity contribution in [1.82, 2.24) is 14.8 Å². The highest BCUT2D eigenvalue weighted by molar-refractivity contribution is 5.86. The maximum absolute atomic E-state index is 12.4. The van der Waals surface area contributed by atoms with E-state index in [9.17, 15) is 14.9 Å². The van der Waals surface area contributed by atoms with Gasteiger partial charge >= 0.3 is 11.9 Å². The van der Waals surface area contributed by atoms with Crippen molar-refractivity contribution in [3.8, 4) is 0 Å². The van der Waals surface area contributed by atoms with Crippen LogP contribution >= 0.6 is 0 Å². The van der Waals surface area contributed by atoms with Gasteiger partial charge in [0.15, 0.2) is 0 Å². The van der Waals surface area contributed by atoms with Crippen LogP contribution in [0.4, 0.5) is 16.4 Å². The largest absolute Gasteiger partial charge is 0.443 e. The summed E-state index contributed by atoms with van der Waals surface area (Å²) in [6.45, 7) is 5.56. The van der Waals surface area contributed by atoms with Crippen LogP contribution in [0.25, 0.3) is 0 Å². The first kappa shape index (κ1) is 17.4. The zero-order valence-electron chi connectivity index (χ0n) is 13.7. The maximum Gasteiger partial charge on any atom is 0.416 e. The molecule has 0 unspecified atom stereocenters. The van der Waals surface area contributed by atoms with E-state index >= 15 is 0 Å². The average molecular weight is 333 g/mol. The van der Waals surface area contributed by atoms with E-state index in [4.69, 9.17) is 4.74 Å². The van der Waals surface area contributed by atoms with Crippen molar-refractivity contribution in [3.63, 3.8) is 0 Å². The molecule has 0 aliphatic heterocycles. The van der Waals surface area contributed by atoms with Crippen molar-refractivity contribution in [3.05, 3.63) is 46.8 Å². The summed E-state index contributed by atoms with van der Waals surface area (Å²) in [6.07, 6.45) is 2.33. The Kier molecular flexibility index (Phi) is 5.12. The quantitative estimate of drug-likeness (QED) is 0.615. The molecule has 9 heteroatoms. The second kappa shape index (κ2) is 7.07. The monoisotopic (exact) mass is 333 g/mol. The van der Waals surface area contributed by atoms with Crippen molar-refractivity contribution >= 4 is 17.7 Å². The third-order valence-electron chi connectivity index (χ3n) is 2.96. The van der Waals surface area contributed by atoms with Crippen LogP contribution in [0, 0.1) is 10.1 Å². The van der Waals surface area contributed by atoms with E-state index < -0.39 is 16.6 Å². The lowest BCUT2D eigenvalue weighted by Gasteiger charge is -2.26. The number of amides is 1. The molecule has 1 amide bonds. The van der Waals surface area contributed by atoms with Gasteiger partial charge < -0.3 is 14.9 Å². The summed E-state index contributed by atoms with van der Waals surface area (Å²) in [5.41, 5.74) is -0.665. The molecule has 0 atom stereocenters. The van der Waals surface area contributed by atoms with Gasteiger partial charge in [0.25, 0.3) is 0 Å². The lowest BCUT2D eigenvalue weighted by atomic mass is 10.2. The highest BCUT2D eigenvalue weighted by atomic mass is 16.6. The van der Waals surface area contributed by atoms with Crippen LogP contribution in [-0.4, -0.2) is 37.9 Å². The molecule has 24 heavy (non-hydrogen) atoms. The van der Waals surface area contributed by atoms with Crippen LogP contribution in [-0.2, 0) is 11.3 Å². The number of hydrogen-bond acceptors (Lipinski definition) is 6. The summed E-state index contributed by atoms with van der Waals surface area (Å²) in [7, 11) is 0. The molecule has 0 aliphatic rings. The van der Waals surface area contributed by atoms with Crippen LogP contribution < -0.4 is 4.90 Å². The molecule has 0 saturated heterocycles. The Morgan fingerprint density at radius 3 is 2.67 bits per heavy atom. The number of anilines is 1. The van der Waals surface area contributed by atoms with Gasteiger partial charge in [-0.15, -0.1) is 4.68 Å². The smallest absolute Gasteiger partial charge is 0.416 e. The Labute approximate surface area is 139 Å². The highest BCUT2D eigenvalue weighted by Gasteiger charge is 2.25. The molecule has 128 valence electrons. The molecular weight excluding hydrogens is 314 g/mol. The summed E-state index contributed by atoms with van der Waals surface area (Å²) < 4.78 is 6.61. The molecule has 9 nitrogen and oxygen atoms in total. The van der Waals surface area contributed by atoms with Crippen molar-refractivity contribution in [1.29, 1.82) is 0 Å². The number of ether oxygens (including phenoxy) is 1. The number of nitrogens with zero attached hydrogens (tertiary/aromatic N) is 5. The summed E-state index contributed by atoms with van der Waals surface area (Å²) >= 11 is 0. The second-order valence-corrected chi connectivity index (χ2v) is 5.99. The van der Waals surface area contributed by atoms with Gasteiger partial charge in [0, 0.05) is 6.20 Å². The molecule has 2 aromatic heterocycles. The molecule has 0 spiro atoms. The van der Waals surface area contributed by atoms with Crippen molar-refractivity contribution in [2.45, 2.75) is 32.9 Å². The first-order valence-corrected chi connectivity index (χ1v) is 7.36. The fraction of sp³-hybridized carbons (Fsp3) is 0.400. The van der Waals surface area contributed by atoms with Crippen LogP contribution in [0.15, 0.2) is 36.7 Å². The predicted molar refractivity (Wildman–Crippen MR) is 86.7 cm³/mol. The molecule has 0 N–H and O–H groups in total. The maximum atomic E-state index is 12.4. The molecule has 0 aromatic carbocycles. The number of nitro groups is 1. The minimum atomic E-state index is -0.665. The van der Waals surface area contributed by atoms with E-state index in [2.05, 4.69) is 10.1 Å². The molecule has 0 radical (unpaired) electrons. The predicted octanol–water partition coefficient (Wildman–Crippen LogP) is 2.63. The van der Waals surface area contributed by atoms with Gasteiger partial charge in [-0.1, -0.05) is 11.2 Å². The number of rotatable bonds is 5. The zero-order chi connectivity index (χ0) is 17.7. The van der Waals surface area contributed by atoms with Gasteiger partial charge in [-0.3, -0.25) is 4.90 Å². The summed E-state index contributed by atoms with van der Waals surface area (Å²) in [6, 6.07) is 6.45. The van der Waals surface area contributed by atoms with E-state index in [1.807, 2.05) is 0 Å². The minimum absolute atomic E-state index is 0.133. The van der Waals surface area contributed by atoms with E-state index in [0.29, 0.717) is 5.82 Å². The van der Waals surface area contributed by atoms with Gasteiger partial charge in [0.2, 0.25) is 0 Å². The molecule has 2 heterocycles. The van der Waals surface area contributed by atoms with Crippen LogP contribution in [0.2, 0.25) is 0 Å². The number of carbonyl (C=O) groups is 1. The first-order chi connectivity index (χ1) is 11.3. The van der Waals surface area contributed by atoms with Crippen molar-refractivity contribution < 1.29 is 14.5 Å². The van der Waals surface area contributed by atoms with E-state index in [0.717, 1.165) is 0 Å². The van der Waals surface area contributed by atoms with E-state index in [-0.39, 0.29) is 18.9 Å². The minimum Gasteiger partial charge on any atom is -0.443 e. The van der Waals surface area contributed by atoms with Crippen LogP contribution in [0.5, 0.6) is 0 Å². The summed E-state index contributed by atoms with van der Waals surface area (Å²) in [4.78, 5) is 28.3. The normalized spacial score (nSPS) is 11.1.